The molecule has 2 aromatic heterocycles. The van der Waals surface area contributed by atoms with Gasteiger partial charge in [-0.05, 0) is 112 Å². The monoisotopic (exact) mass is 606 g/mol. The lowest BCUT2D eigenvalue weighted by Gasteiger charge is -2.26. The normalized spacial score (nSPS) is 17.2. The second-order valence-corrected chi connectivity index (χ2v) is 13.0. The summed E-state index contributed by atoms with van der Waals surface area (Å²) in [4.78, 5) is 38.1. The lowest BCUT2D eigenvalue weighted by Crippen LogP contribution is -2.38. The largest absolute Gasteiger partial charge is 0.481 e. The van der Waals surface area contributed by atoms with E-state index < -0.39 is 11.6 Å². The first-order chi connectivity index (χ1) is 20.2. The van der Waals surface area contributed by atoms with Gasteiger partial charge in [-0.1, -0.05) is 0 Å². The van der Waals surface area contributed by atoms with Crippen molar-refractivity contribution in [2.24, 2.45) is 13.0 Å². The molecule has 0 radical (unpaired) electrons. The third-order valence-corrected chi connectivity index (χ3v) is 9.22. The molecule has 2 aromatic carbocycles. The zero-order valence-corrected chi connectivity index (χ0v) is 25.6. The van der Waals surface area contributed by atoms with Crippen molar-refractivity contribution in [1.82, 2.24) is 9.88 Å². The van der Waals surface area contributed by atoms with Gasteiger partial charge in [-0.25, -0.2) is 4.39 Å². The van der Waals surface area contributed by atoms with Gasteiger partial charge in [0.25, 0.3) is 11.5 Å². The minimum Gasteiger partial charge on any atom is -0.481 e. The van der Waals surface area contributed by atoms with Crippen LogP contribution in [0.15, 0.2) is 47.4 Å². The fourth-order valence-corrected chi connectivity index (χ4v) is 6.74. The molecule has 1 aliphatic carbocycles. The molecule has 226 valence electrons. The maximum atomic E-state index is 13.9. The van der Waals surface area contributed by atoms with Gasteiger partial charge < -0.3 is 24.8 Å². The number of halogens is 1. The van der Waals surface area contributed by atoms with Gasteiger partial charge in [-0.2, -0.15) is 0 Å². The summed E-state index contributed by atoms with van der Waals surface area (Å²) in [7, 11) is 1.64. The average molecular weight is 607 g/mol. The van der Waals surface area contributed by atoms with E-state index in [-0.39, 0.29) is 29.2 Å². The Morgan fingerprint density at radius 3 is 2.30 bits per heavy atom. The smallest absolute Gasteiger partial charge is 0.306 e. The van der Waals surface area contributed by atoms with Gasteiger partial charge in [0, 0.05) is 29.5 Å². The Hall–Kier alpha value is -4.02. The van der Waals surface area contributed by atoms with Gasteiger partial charge in [-0.3, -0.25) is 14.4 Å². The second kappa shape index (κ2) is 11.6. The highest BCUT2D eigenvalue weighted by molar-refractivity contribution is 7.21. The van der Waals surface area contributed by atoms with Crippen molar-refractivity contribution < 1.29 is 28.9 Å². The van der Waals surface area contributed by atoms with Gasteiger partial charge in [0.15, 0.2) is 0 Å². The van der Waals surface area contributed by atoms with Crippen molar-refractivity contribution in [3.8, 4) is 22.6 Å². The van der Waals surface area contributed by atoms with Crippen molar-refractivity contribution in [1.29, 1.82) is 0 Å². The van der Waals surface area contributed by atoms with Crippen LogP contribution in [0.1, 0.15) is 65.9 Å². The van der Waals surface area contributed by atoms with Crippen LogP contribution in [0.5, 0.6) is 11.5 Å². The summed E-state index contributed by atoms with van der Waals surface area (Å²) in [6.07, 6.45) is 3.89. The summed E-state index contributed by atoms with van der Waals surface area (Å²) in [5.74, 6) is -0.898. The Kier molecular flexibility index (Phi) is 8.20. The number of rotatable bonds is 7. The van der Waals surface area contributed by atoms with E-state index in [4.69, 9.17) is 4.74 Å². The number of benzene rings is 2. The molecule has 0 unspecified atom stereocenters. The zero-order chi connectivity index (χ0) is 31.2. The Bertz CT molecular complexity index is 1770. The molecule has 0 bridgehead atoms. The molecule has 5 rings (SSSR count). The number of ether oxygens (including phenoxy) is 1. The highest BCUT2D eigenvalue weighted by Crippen LogP contribution is 2.39. The summed E-state index contributed by atoms with van der Waals surface area (Å²) in [5, 5.41) is 23.6. The molecule has 1 aliphatic rings. The average Bonchev–Trinajstić information content (AvgIpc) is 3.38. The van der Waals surface area contributed by atoms with Crippen molar-refractivity contribution in [2.75, 3.05) is 0 Å². The first-order valence-electron chi connectivity index (χ1n) is 14.2. The molecule has 3 N–H and O–H groups in total. The fourth-order valence-electron chi connectivity index (χ4n) is 5.65. The second-order valence-electron chi connectivity index (χ2n) is 11.9. The van der Waals surface area contributed by atoms with E-state index >= 15 is 0 Å². The number of aliphatic hydroxyl groups is 1. The Labute approximate surface area is 252 Å². The summed E-state index contributed by atoms with van der Waals surface area (Å²) >= 11 is 1.21. The molecule has 10 heteroatoms. The molecule has 4 aromatic rings. The Morgan fingerprint density at radius 1 is 1.05 bits per heavy atom. The third kappa shape index (κ3) is 6.35. The topological polar surface area (TPSA) is 118 Å². The Morgan fingerprint density at radius 2 is 1.70 bits per heavy atom. The van der Waals surface area contributed by atoms with Crippen molar-refractivity contribution in [2.45, 2.75) is 65.0 Å². The van der Waals surface area contributed by atoms with Crippen LogP contribution in [0.2, 0.25) is 0 Å². The lowest BCUT2D eigenvalue weighted by atomic mass is 9.86. The van der Waals surface area contributed by atoms with Crippen LogP contribution in [0, 0.1) is 25.6 Å². The van der Waals surface area contributed by atoms with Gasteiger partial charge in [0.05, 0.1) is 21.8 Å². The van der Waals surface area contributed by atoms with E-state index in [9.17, 15) is 29.0 Å². The molecule has 0 spiro atoms. The minimum atomic E-state index is -1.22. The summed E-state index contributed by atoms with van der Waals surface area (Å²) in [6, 6.07) is 9.64. The summed E-state index contributed by atoms with van der Waals surface area (Å²) in [5.41, 5.74) is 1.72. The van der Waals surface area contributed by atoms with E-state index in [1.807, 2.05) is 6.07 Å². The number of nitrogens with one attached hydrogen (secondary N) is 1. The van der Waals surface area contributed by atoms with Crippen LogP contribution in [0.25, 0.3) is 21.2 Å². The standard InChI is InChI=1S/C33H35FN2O6S/c1-17-10-22(34)11-18(2)28(17)42-24-13-20(12-21(14-24)33(3,4)41)26-16-36(5)31(38)25-15-27(43-29(25)26)30(37)35-23-8-6-19(7-9-23)32(39)40/h10-16,19,23,41H,6-9H2,1-5H3,(H,35,37)(H,39,40). The number of fused-ring (bicyclic) bond motifs is 1. The number of carbonyl (C=O) groups is 2. The number of pyridine rings is 1. The molecule has 1 amide bonds. The summed E-state index contributed by atoms with van der Waals surface area (Å²) in [6.45, 7) is 6.85. The minimum absolute atomic E-state index is 0.128. The van der Waals surface area contributed by atoms with E-state index in [1.165, 1.54) is 28.0 Å². The number of aryl methyl sites for hydroxylation is 3. The highest BCUT2D eigenvalue weighted by Gasteiger charge is 2.28. The number of amides is 1. The highest BCUT2D eigenvalue weighted by atomic mass is 32.1. The Balaban J connectivity index is 1.55. The predicted octanol–water partition coefficient (Wildman–Crippen LogP) is 6.42. The van der Waals surface area contributed by atoms with Crippen molar-refractivity contribution >= 4 is 33.3 Å². The van der Waals surface area contributed by atoms with Gasteiger partial charge in [0.1, 0.15) is 17.3 Å². The van der Waals surface area contributed by atoms with Crippen LogP contribution in [0.3, 0.4) is 0 Å². The molecule has 1 fully saturated rings. The lowest BCUT2D eigenvalue weighted by molar-refractivity contribution is -0.142. The van der Waals surface area contributed by atoms with E-state index in [2.05, 4.69) is 5.32 Å². The number of hydrogen-bond donors (Lipinski definition) is 3. The summed E-state index contributed by atoms with van der Waals surface area (Å²) < 4.78 is 22.3. The molecule has 0 atom stereocenters. The number of carboxylic acid groups (broad SMARTS) is 1. The maximum Gasteiger partial charge on any atom is 0.306 e. The fraction of sp³-hybridized carbons (Fsp3) is 0.364. The maximum absolute atomic E-state index is 13.9. The zero-order valence-electron chi connectivity index (χ0n) is 24.8. The van der Waals surface area contributed by atoms with E-state index in [1.54, 1.807) is 59.1 Å². The van der Waals surface area contributed by atoms with Gasteiger partial charge in [0.2, 0.25) is 0 Å². The van der Waals surface area contributed by atoms with Crippen LogP contribution in [-0.4, -0.2) is 32.7 Å². The number of nitrogens with zero attached hydrogens (tertiary/aromatic N) is 1. The number of aliphatic carboxylic acids is 1. The van der Waals surface area contributed by atoms with Gasteiger partial charge in [-0.15, -0.1) is 11.3 Å². The molecule has 2 heterocycles. The molecular weight excluding hydrogens is 571 g/mol. The van der Waals surface area contributed by atoms with Crippen LogP contribution < -0.4 is 15.6 Å². The molecule has 0 aliphatic heterocycles. The van der Waals surface area contributed by atoms with Crippen LogP contribution in [-0.2, 0) is 17.4 Å². The number of carboxylic acids is 1. The number of hydrogen-bond acceptors (Lipinski definition) is 6. The van der Waals surface area contributed by atoms with Gasteiger partial charge >= 0.3 is 5.97 Å². The number of thiophene rings is 1. The third-order valence-electron chi connectivity index (χ3n) is 8.05. The molecule has 0 saturated heterocycles. The molecule has 43 heavy (non-hydrogen) atoms. The first kappa shape index (κ1) is 30.4. The molecule has 1 saturated carbocycles. The van der Waals surface area contributed by atoms with Crippen molar-refractivity contribution in [3.63, 3.8) is 0 Å². The predicted molar refractivity (Wildman–Crippen MR) is 165 cm³/mol. The molecule has 8 nitrogen and oxygen atoms in total. The first-order valence-corrected chi connectivity index (χ1v) is 15.0. The SMILES string of the molecule is Cc1cc(F)cc(C)c1Oc1cc(-c2cn(C)c(=O)c3cc(C(=O)NC4CCC(C(=O)O)CC4)sc23)cc(C(C)(C)O)c1. The molecular formula is C33H35FN2O6S. The van der Waals surface area contributed by atoms with E-state index in [0.717, 1.165) is 0 Å². The number of carbonyl (C=O) groups excluding carboxylic acids is 1. The van der Waals surface area contributed by atoms with Crippen LogP contribution >= 0.6 is 11.3 Å². The number of aromatic nitrogens is 1. The quantitative estimate of drug-likeness (QED) is 0.224. The van der Waals surface area contributed by atoms with Crippen LogP contribution in [0.4, 0.5) is 4.39 Å². The van der Waals surface area contributed by atoms with Crippen molar-refractivity contribution in [3.05, 3.63) is 80.3 Å². The van der Waals surface area contributed by atoms with E-state index in [0.29, 0.717) is 80.0 Å².